The number of esters is 3. The minimum atomic E-state index is -0.760. The molecule has 6 heteroatoms. The molecule has 0 heterocycles. The van der Waals surface area contributed by atoms with E-state index in [0.29, 0.717) is 19.3 Å². The normalized spacial score (nSPS) is 12.6. The highest BCUT2D eigenvalue weighted by atomic mass is 16.6. The van der Waals surface area contributed by atoms with Gasteiger partial charge >= 0.3 is 17.9 Å². The van der Waals surface area contributed by atoms with E-state index in [9.17, 15) is 14.4 Å². The van der Waals surface area contributed by atoms with Gasteiger partial charge in [-0.15, -0.1) is 0 Å². The second kappa shape index (κ2) is 37.2. The molecule has 0 aromatic rings. The molecular weight excluding hydrogens is 624 g/mol. The molecule has 0 spiro atoms. The third-order valence-corrected chi connectivity index (χ3v) is 10.1. The lowest BCUT2D eigenvalue weighted by atomic mass is 10.00. The standard InChI is InChI=1S/C44H84O6/c1-6-8-9-10-11-14-18-24-29-34-42(45)48-37-41(38-49-43(46)35-30-25-21-20-23-28-33-40(5)7-2)50-44(47)36-31-26-19-16-13-12-15-17-22-27-32-39(3)4/h39-41H,6-38H2,1-5H3/t40?,41-/m1/s1. The third kappa shape index (κ3) is 36.2. The van der Waals surface area contributed by atoms with E-state index in [1.54, 1.807) is 0 Å². The topological polar surface area (TPSA) is 78.9 Å². The number of hydrogen-bond acceptors (Lipinski definition) is 6. The number of unbranched alkanes of at least 4 members (excludes halogenated alkanes) is 22. The Kier molecular flexibility index (Phi) is 36.0. The molecule has 6 nitrogen and oxygen atoms in total. The molecule has 0 rings (SSSR count). The highest BCUT2D eigenvalue weighted by molar-refractivity contribution is 5.71. The van der Waals surface area contributed by atoms with E-state index < -0.39 is 6.10 Å². The minimum absolute atomic E-state index is 0.0661. The Bertz CT molecular complexity index is 766. The highest BCUT2D eigenvalue weighted by Crippen LogP contribution is 2.16. The molecule has 0 aliphatic carbocycles. The molecule has 2 atom stereocenters. The fourth-order valence-electron chi connectivity index (χ4n) is 6.37. The summed E-state index contributed by atoms with van der Waals surface area (Å²) in [4.78, 5) is 37.6. The first-order valence-electron chi connectivity index (χ1n) is 21.8. The summed E-state index contributed by atoms with van der Waals surface area (Å²) >= 11 is 0. The van der Waals surface area contributed by atoms with Crippen LogP contribution in [0.15, 0.2) is 0 Å². The van der Waals surface area contributed by atoms with Crippen molar-refractivity contribution in [1.29, 1.82) is 0 Å². The van der Waals surface area contributed by atoms with E-state index in [-0.39, 0.29) is 31.1 Å². The van der Waals surface area contributed by atoms with Crippen LogP contribution in [0.2, 0.25) is 0 Å². The SMILES string of the molecule is CCCCCCCCCCCC(=O)OC[C@H](COC(=O)CCCCCCCCC(C)CC)OC(=O)CCCCCCCCCCCCC(C)C. The molecule has 296 valence electrons. The van der Waals surface area contributed by atoms with Crippen molar-refractivity contribution in [1.82, 2.24) is 0 Å². The molecule has 1 unspecified atom stereocenters. The van der Waals surface area contributed by atoms with Crippen LogP contribution in [0.5, 0.6) is 0 Å². The summed E-state index contributed by atoms with van der Waals surface area (Å²) in [6, 6.07) is 0. The van der Waals surface area contributed by atoms with Crippen LogP contribution in [0.1, 0.15) is 234 Å². The van der Waals surface area contributed by atoms with E-state index in [1.807, 2.05) is 0 Å². The Labute approximate surface area is 310 Å². The molecule has 50 heavy (non-hydrogen) atoms. The van der Waals surface area contributed by atoms with Crippen LogP contribution in [-0.4, -0.2) is 37.2 Å². The maximum Gasteiger partial charge on any atom is 0.306 e. The van der Waals surface area contributed by atoms with Gasteiger partial charge in [0, 0.05) is 19.3 Å². The first-order valence-corrected chi connectivity index (χ1v) is 21.8. The van der Waals surface area contributed by atoms with Gasteiger partial charge in [0.15, 0.2) is 6.10 Å². The van der Waals surface area contributed by atoms with Gasteiger partial charge < -0.3 is 14.2 Å². The van der Waals surface area contributed by atoms with Crippen molar-refractivity contribution in [3.63, 3.8) is 0 Å². The first kappa shape index (κ1) is 48.4. The van der Waals surface area contributed by atoms with Crippen molar-refractivity contribution >= 4 is 17.9 Å². The molecule has 0 saturated heterocycles. The molecule has 0 aliphatic rings. The van der Waals surface area contributed by atoms with Crippen molar-refractivity contribution in [3.8, 4) is 0 Å². The molecule has 0 radical (unpaired) electrons. The summed E-state index contributed by atoms with van der Waals surface area (Å²) in [5, 5.41) is 0. The van der Waals surface area contributed by atoms with E-state index >= 15 is 0 Å². The van der Waals surface area contributed by atoms with Crippen molar-refractivity contribution in [3.05, 3.63) is 0 Å². The van der Waals surface area contributed by atoms with Crippen LogP contribution in [-0.2, 0) is 28.6 Å². The average Bonchev–Trinajstić information content (AvgIpc) is 3.09. The predicted molar refractivity (Wildman–Crippen MR) is 210 cm³/mol. The van der Waals surface area contributed by atoms with E-state index in [4.69, 9.17) is 14.2 Å². The maximum atomic E-state index is 12.7. The largest absolute Gasteiger partial charge is 0.462 e. The van der Waals surface area contributed by atoms with Crippen LogP contribution in [0, 0.1) is 11.8 Å². The van der Waals surface area contributed by atoms with Gasteiger partial charge in [-0.3, -0.25) is 14.4 Å². The molecule has 0 aliphatic heterocycles. The van der Waals surface area contributed by atoms with Gasteiger partial charge in [0.1, 0.15) is 13.2 Å². The zero-order valence-corrected chi connectivity index (χ0v) is 34.0. The zero-order chi connectivity index (χ0) is 36.9. The lowest BCUT2D eigenvalue weighted by Gasteiger charge is -2.18. The molecule has 0 aromatic heterocycles. The molecule has 0 saturated carbocycles. The van der Waals surface area contributed by atoms with Gasteiger partial charge in [-0.1, -0.05) is 195 Å². The number of carbonyl (C=O) groups excluding carboxylic acids is 3. The van der Waals surface area contributed by atoms with Crippen LogP contribution < -0.4 is 0 Å². The molecule has 0 N–H and O–H groups in total. The van der Waals surface area contributed by atoms with Crippen molar-refractivity contribution in [2.24, 2.45) is 11.8 Å². The van der Waals surface area contributed by atoms with Crippen molar-refractivity contribution in [2.45, 2.75) is 240 Å². The monoisotopic (exact) mass is 709 g/mol. The second-order valence-corrected chi connectivity index (χ2v) is 15.7. The van der Waals surface area contributed by atoms with Gasteiger partial charge in [0.05, 0.1) is 0 Å². The fraction of sp³-hybridized carbons (Fsp3) is 0.932. The van der Waals surface area contributed by atoms with Crippen LogP contribution in [0.25, 0.3) is 0 Å². The fourth-order valence-corrected chi connectivity index (χ4v) is 6.37. The second-order valence-electron chi connectivity index (χ2n) is 15.7. The summed E-state index contributed by atoms with van der Waals surface area (Å²) in [5.74, 6) is 0.765. The Hall–Kier alpha value is -1.59. The lowest BCUT2D eigenvalue weighted by Crippen LogP contribution is -2.30. The molecular formula is C44H84O6. The number of hydrogen-bond donors (Lipinski definition) is 0. The lowest BCUT2D eigenvalue weighted by molar-refractivity contribution is -0.167. The number of rotatable bonds is 38. The Morgan fingerprint density at radius 2 is 0.760 bits per heavy atom. The predicted octanol–water partition coefficient (Wildman–Crippen LogP) is 13.4. The van der Waals surface area contributed by atoms with E-state index in [0.717, 1.165) is 69.6 Å². The maximum absolute atomic E-state index is 12.7. The Balaban J connectivity index is 4.35. The summed E-state index contributed by atoms with van der Waals surface area (Å²) in [6.07, 6.45) is 33.8. The molecule has 0 amide bonds. The molecule has 0 aromatic carbocycles. The molecule has 0 fully saturated rings. The summed E-state index contributed by atoms with van der Waals surface area (Å²) in [7, 11) is 0. The molecule has 0 bridgehead atoms. The Morgan fingerprint density at radius 3 is 1.14 bits per heavy atom. The van der Waals surface area contributed by atoms with Gasteiger partial charge in [-0.2, -0.15) is 0 Å². The van der Waals surface area contributed by atoms with Gasteiger partial charge in [0.25, 0.3) is 0 Å². The zero-order valence-electron chi connectivity index (χ0n) is 34.0. The van der Waals surface area contributed by atoms with Crippen molar-refractivity contribution in [2.75, 3.05) is 13.2 Å². The van der Waals surface area contributed by atoms with Gasteiger partial charge in [-0.05, 0) is 31.1 Å². The first-order chi connectivity index (χ1) is 24.3. The number of carbonyl (C=O) groups is 3. The van der Waals surface area contributed by atoms with Gasteiger partial charge in [0.2, 0.25) is 0 Å². The van der Waals surface area contributed by atoms with Crippen molar-refractivity contribution < 1.29 is 28.6 Å². The third-order valence-electron chi connectivity index (χ3n) is 10.1. The Morgan fingerprint density at radius 1 is 0.420 bits per heavy atom. The number of ether oxygens (including phenoxy) is 3. The van der Waals surface area contributed by atoms with Gasteiger partial charge in [-0.25, -0.2) is 0 Å². The van der Waals surface area contributed by atoms with Crippen LogP contribution >= 0.6 is 0 Å². The van der Waals surface area contributed by atoms with Crippen LogP contribution in [0.4, 0.5) is 0 Å². The quantitative estimate of drug-likeness (QED) is 0.0361. The average molecular weight is 709 g/mol. The van der Waals surface area contributed by atoms with E-state index in [2.05, 4.69) is 34.6 Å². The highest BCUT2D eigenvalue weighted by Gasteiger charge is 2.19. The van der Waals surface area contributed by atoms with E-state index in [1.165, 1.54) is 122 Å². The summed E-state index contributed by atoms with van der Waals surface area (Å²) < 4.78 is 16.7. The minimum Gasteiger partial charge on any atom is -0.462 e. The summed E-state index contributed by atoms with van der Waals surface area (Å²) in [6.45, 7) is 11.3. The smallest absolute Gasteiger partial charge is 0.306 e. The van der Waals surface area contributed by atoms with Crippen LogP contribution in [0.3, 0.4) is 0 Å². The summed E-state index contributed by atoms with van der Waals surface area (Å²) in [5.41, 5.74) is 0.